The summed E-state index contributed by atoms with van der Waals surface area (Å²) in [6, 6.07) is 10.3. The van der Waals surface area contributed by atoms with Gasteiger partial charge in [-0.1, -0.05) is 23.7 Å². The molecule has 11 heteroatoms. The lowest BCUT2D eigenvalue weighted by Gasteiger charge is -2.33. The van der Waals surface area contributed by atoms with E-state index >= 15 is 0 Å². The number of carbonyl (C=O) groups is 2. The highest BCUT2D eigenvalue weighted by Crippen LogP contribution is 2.49. The molecular formula is C33H37ClFN3O6. The van der Waals surface area contributed by atoms with E-state index in [0.29, 0.717) is 47.6 Å². The number of likely N-dealkylation sites (tertiary alicyclic amines) is 1. The summed E-state index contributed by atoms with van der Waals surface area (Å²) < 4.78 is 40.0. The van der Waals surface area contributed by atoms with Crippen molar-refractivity contribution in [2.45, 2.75) is 77.4 Å². The third-order valence-electron chi connectivity index (χ3n) is 8.70. The first-order valence-electron chi connectivity index (χ1n) is 15.2. The van der Waals surface area contributed by atoms with Crippen molar-refractivity contribution in [1.82, 2.24) is 14.5 Å². The van der Waals surface area contributed by atoms with Crippen LogP contribution in [0.2, 0.25) is 5.02 Å². The van der Waals surface area contributed by atoms with Crippen molar-refractivity contribution in [1.29, 1.82) is 0 Å². The van der Waals surface area contributed by atoms with Gasteiger partial charge in [0.05, 0.1) is 37.1 Å². The molecule has 6 rings (SSSR count). The number of imidazole rings is 1. The Bertz CT molecular complexity index is 1570. The molecule has 0 radical (unpaired) electrons. The van der Waals surface area contributed by atoms with Gasteiger partial charge in [-0.2, -0.15) is 0 Å². The Labute approximate surface area is 261 Å². The van der Waals surface area contributed by atoms with E-state index in [1.54, 1.807) is 26.0 Å². The molecule has 0 bridgehead atoms. The molecule has 3 aromatic rings. The highest BCUT2D eigenvalue weighted by Gasteiger charge is 2.43. The molecule has 0 saturated carbocycles. The topological polar surface area (TPSA) is 92.1 Å². The van der Waals surface area contributed by atoms with Crippen molar-refractivity contribution in [3.8, 4) is 11.5 Å². The van der Waals surface area contributed by atoms with E-state index in [9.17, 15) is 14.0 Å². The number of Topliss-reactive ketones (excluding diaryl/α,β-unsaturated/α-hetero) is 1. The highest BCUT2D eigenvalue weighted by molar-refractivity contribution is 6.30. The SMILES string of the molecule is CCOC(=O)CC(=O)c1c(C)nc(CN2CCC(c3cccc4c3O[C@@](C)(c3ccc(Cl)cc3F)O4)CC2)n1C[C@@H]1CCO1. The van der Waals surface area contributed by atoms with Crippen LogP contribution in [0.15, 0.2) is 36.4 Å². The van der Waals surface area contributed by atoms with Crippen LogP contribution >= 0.6 is 11.6 Å². The Balaban J connectivity index is 1.15. The molecule has 234 valence electrons. The van der Waals surface area contributed by atoms with Gasteiger partial charge in [0.25, 0.3) is 5.79 Å². The molecule has 2 aromatic carbocycles. The molecule has 0 aliphatic carbocycles. The Kier molecular flexibility index (Phi) is 8.68. The number of aryl methyl sites for hydroxylation is 1. The standard InChI is InChI=1S/C33H37ClFN3O6/c1-4-41-30(40)17-27(39)31-20(2)36-29(38(31)18-23-12-15-42-23)19-37-13-10-21(11-14-37)24-6-5-7-28-32(24)44-33(3,43-28)25-9-8-22(34)16-26(25)35/h5-9,16,21,23H,4,10-15,17-19H2,1-3H3/t23-,33-/m0/s1. The third kappa shape index (κ3) is 6.07. The smallest absolute Gasteiger partial charge is 0.313 e. The van der Waals surface area contributed by atoms with Crippen LogP contribution in [-0.4, -0.2) is 58.6 Å². The number of ether oxygens (including phenoxy) is 4. The van der Waals surface area contributed by atoms with E-state index in [-0.39, 0.29) is 36.4 Å². The number of aromatic nitrogens is 2. The van der Waals surface area contributed by atoms with Crippen LogP contribution in [0.4, 0.5) is 4.39 Å². The Hall–Kier alpha value is -3.47. The molecule has 3 aliphatic heterocycles. The molecule has 9 nitrogen and oxygen atoms in total. The summed E-state index contributed by atoms with van der Waals surface area (Å²) in [4.78, 5) is 32.4. The largest absolute Gasteiger partial charge is 0.466 e. The fourth-order valence-corrected chi connectivity index (χ4v) is 6.56. The number of hydrogen-bond acceptors (Lipinski definition) is 8. The number of halogens is 2. The second-order valence-corrected chi connectivity index (χ2v) is 12.2. The Morgan fingerprint density at radius 2 is 1.93 bits per heavy atom. The molecule has 0 N–H and O–H groups in total. The number of fused-ring (bicyclic) bond motifs is 1. The number of benzene rings is 2. The predicted molar refractivity (Wildman–Crippen MR) is 161 cm³/mol. The van der Waals surface area contributed by atoms with Crippen LogP contribution in [0, 0.1) is 12.7 Å². The first kappa shape index (κ1) is 30.6. The third-order valence-corrected chi connectivity index (χ3v) is 8.93. The molecule has 4 heterocycles. The quantitative estimate of drug-likeness (QED) is 0.155. The minimum absolute atomic E-state index is 0.0247. The molecule has 2 fully saturated rings. The number of para-hydroxylation sites is 1. The molecule has 1 aromatic heterocycles. The number of carbonyl (C=O) groups excluding carboxylic acids is 2. The second-order valence-electron chi connectivity index (χ2n) is 11.8. The van der Waals surface area contributed by atoms with E-state index < -0.39 is 17.6 Å². The van der Waals surface area contributed by atoms with Gasteiger partial charge >= 0.3 is 5.97 Å². The summed E-state index contributed by atoms with van der Waals surface area (Å²) in [7, 11) is 0. The maximum Gasteiger partial charge on any atom is 0.313 e. The summed E-state index contributed by atoms with van der Waals surface area (Å²) in [5.74, 6) is -0.329. The fraction of sp³-hybridized carbons (Fsp3) is 0.485. The molecule has 2 saturated heterocycles. The molecule has 3 aliphatic rings. The molecule has 0 amide bonds. The number of nitrogens with zero attached hydrogens (tertiary/aromatic N) is 3. The summed E-state index contributed by atoms with van der Waals surface area (Å²) in [5.41, 5.74) is 2.40. The minimum atomic E-state index is -1.30. The molecule has 0 spiro atoms. The Morgan fingerprint density at radius 3 is 2.61 bits per heavy atom. The summed E-state index contributed by atoms with van der Waals surface area (Å²) >= 11 is 5.97. The zero-order chi connectivity index (χ0) is 31.0. The molecule has 44 heavy (non-hydrogen) atoms. The van der Waals surface area contributed by atoms with Crippen molar-refractivity contribution in [3.63, 3.8) is 0 Å². The second kappa shape index (κ2) is 12.5. The van der Waals surface area contributed by atoms with E-state index in [1.165, 1.54) is 6.07 Å². The van der Waals surface area contributed by atoms with E-state index in [4.69, 9.17) is 35.5 Å². The van der Waals surface area contributed by atoms with Gasteiger partial charge in [-0.25, -0.2) is 9.37 Å². The van der Waals surface area contributed by atoms with Crippen LogP contribution in [0.3, 0.4) is 0 Å². The molecular weight excluding hydrogens is 589 g/mol. The first-order chi connectivity index (χ1) is 21.1. The predicted octanol–water partition coefficient (Wildman–Crippen LogP) is 5.93. The van der Waals surface area contributed by atoms with Crippen LogP contribution in [0.25, 0.3) is 0 Å². The number of piperidine rings is 1. The number of esters is 1. The lowest BCUT2D eigenvalue weighted by atomic mass is 9.88. The summed E-state index contributed by atoms with van der Waals surface area (Å²) in [5, 5.41) is 0.311. The maximum atomic E-state index is 14.8. The van der Waals surface area contributed by atoms with Crippen LogP contribution in [0.5, 0.6) is 11.5 Å². The first-order valence-corrected chi connectivity index (χ1v) is 15.6. The normalized spacial score (nSPS) is 21.7. The highest BCUT2D eigenvalue weighted by atomic mass is 35.5. The van der Waals surface area contributed by atoms with Crippen LogP contribution < -0.4 is 9.47 Å². The maximum absolute atomic E-state index is 14.8. The van der Waals surface area contributed by atoms with Crippen molar-refractivity contribution in [2.24, 2.45) is 0 Å². The zero-order valence-corrected chi connectivity index (χ0v) is 26.0. The molecule has 2 atom stereocenters. The lowest BCUT2D eigenvalue weighted by molar-refractivity contribution is -0.141. The summed E-state index contributed by atoms with van der Waals surface area (Å²) in [6.45, 7) is 8.92. The van der Waals surface area contributed by atoms with Crippen LogP contribution in [-0.2, 0) is 33.1 Å². The lowest BCUT2D eigenvalue weighted by Crippen LogP contribution is -2.36. The van der Waals surface area contributed by atoms with Gasteiger partial charge in [0.15, 0.2) is 17.3 Å². The van der Waals surface area contributed by atoms with Gasteiger partial charge in [0.2, 0.25) is 0 Å². The van der Waals surface area contributed by atoms with Gasteiger partial charge in [-0.15, -0.1) is 0 Å². The average molecular weight is 626 g/mol. The monoisotopic (exact) mass is 625 g/mol. The van der Waals surface area contributed by atoms with Crippen LogP contribution in [0.1, 0.15) is 78.6 Å². The van der Waals surface area contributed by atoms with Crippen molar-refractivity contribution in [2.75, 3.05) is 26.3 Å². The van der Waals surface area contributed by atoms with Gasteiger partial charge in [0.1, 0.15) is 23.8 Å². The fourth-order valence-electron chi connectivity index (χ4n) is 6.40. The van der Waals surface area contributed by atoms with Crippen molar-refractivity contribution in [3.05, 3.63) is 75.6 Å². The van der Waals surface area contributed by atoms with Gasteiger partial charge in [-0.05, 0) is 76.4 Å². The van der Waals surface area contributed by atoms with Crippen molar-refractivity contribution >= 4 is 23.4 Å². The van der Waals surface area contributed by atoms with Gasteiger partial charge in [-0.3, -0.25) is 14.5 Å². The minimum Gasteiger partial charge on any atom is -0.466 e. The van der Waals surface area contributed by atoms with Crippen molar-refractivity contribution < 1.29 is 32.9 Å². The zero-order valence-electron chi connectivity index (χ0n) is 25.2. The van der Waals surface area contributed by atoms with Gasteiger partial charge < -0.3 is 23.5 Å². The number of hydrogen-bond donors (Lipinski definition) is 0. The Morgan fingerprint density at radius 1 is 1.16 bits per heavy atom. The summed E-state index contributed by atoms with van der Waals surface area (Å²) in [6.07, 6.45) is 2.40. The van der Waals surface area contributed by atoms with E-state index in [0.717, 1.165) is 43.7 Å². The van der Waals surface area contributed by atoms with E-state index in [1.807, 2.05) is 23.6 Å². The molecule has 0 unspecified atom stereocenters. The number of rotatable bonds is 10. The average Bonchev–Trinajstić information content (AvgIpc) is 3.46. The van der Waals surface area contributed by atoms with E-state index in [2.05, 4.69) is 11.0 Å². The van der Waals surface area contributed by atoms with Gasteiger partial charge in [0, 0.05) is 24.1 Å². The number of ketones is 1.